The zero-order valence-corrected chi connectivity index (χ0v) is 12.9. The van der Waals surface area contributed by atoms with Crippen molar-refractivity contribution in [3.63, 3.8) is 0 Å². The Balaban J connectivity index is 3.01. The van der Waals surface area contributed by atoms with E-state index < -0.39 is 0 Å². The second kappa shape index (κ2) is 5.36. The van der Waals surface area contributed by atoms with Gasteiger partial charge in [0, 0.05) is 23.5 Å². The first kappa shape index (κ1) is 14.5. The van der Waals surface area contributed by atoms with Crippen molar-refractivity contribution in [3.05, 3.63) is 10.6 Å². The highest BCUT2D eigenvalue weighted by atomic mass is 32.1. The van der Waals surface area contributed by atoms with Crippen molar-refractivity contribution in [1.29, 1.82) is 0 Å². The van der Waals surface area contributed by atoms with Crippen molar-refractivity contribution < 1.29 is 0 Å². The number of aromatic nitrogens is 1. The van der Waals surface area contributed by atoms with Crippen LogP contribution in [0.1, 0.15) is 50.7 Å². The number of thiazole rings is 1. The van der Waals surface area contributed by atoms with Crippen molar-refractivity contribution in [1.82, 2.24) is 10.3 Å². The molecule has 0 radical (unpaired) electrons. The molecule has 0 saturated heterocycles. The third kappa shape index (κ3) is 2.99. The summed E-state index contributed by atoms with van der Waals surface area (Å²) >= 11 is 1.79. The Morgan fingerprint density at radius 3 is 2.53 bits per heavy atom. The van der Waals surface area contributed by atoms with E-state index in [4.69, 9.17) is 4.98 Å². The van der Waals surface area contributed by atoms with Gasteiger partial charge in [0.1, 0.15) is 0 Å². The molecule has 1 aromatic heterocycles. The van der Waals surface area contributed by atoms with Gasteiger partial charge in [-0.3, -0.25) is 0 Å². The third-order valence-electron chi connectivity index (χ3n) is 3.71. The van der Waals surface area contributed by atoms with Crippen molar-refractivity contribution in [2.24, 2.45) is 0 Å². The number of nitrogens with one attached hydrogen (secondary N) is 1. The van der Waals surface area contributed by atoms with Gasteiger partial charge in [-0.25, -0.2) is 4.98 Å². The number of hydrogen-bond donors (Lipinski definition) is 1. The number of hydrogen-bond acceptors (Lipinski definition) is 4. The number of anilines is 1. The van der Waals surface area contributed by atoms with Crippen molar-refractivity contribution in [3.8, 4) is 0 Å². The molecule has 17 heavy (non-hydrogen) atoms. The van der Waals surface area contributed by atoms with E-state index in [0.717, 1.165) is 17.2 Å². The van der Waals surface area contributed by atoms with Crippen LogP contribution in [0.3, 0.4) is 0 Å². The molecule has 3 nitrogen and oxygen atoms in total. The number of nitrogens with zero attached hydrogens (tertiary/aromatic N) is 2. The first-order valence-electron chi connectivity index (χ1n) is 6.22. The van der Waals surface area contributed by atoms with Gasteiger partial charge in [0.2, 0.25) is 0 Å². The largest absolute Gasteiger partial charge is 0.346 e. The minimum Gasteiger partial charge on any atom is -0.346 e. The molecule has 1 N–H and O–H groups in total. The van der Waals surface area contributed by atoms with Gasteiger partial charge < -0.3 is 10.2 Å². The van der Waals surface area contributed by atoms with E-state index in [1.54, 1.807) is 11.3 Å². The second-order valence-electron chi connectivity index (χ2n) is 5.18. The van der Waals surface area contributed by atoms with Gasteiger partial charge in [0.15, 0.2) is 5.13 Å². The highest BCUT2D eigenvalue weighted by molar-refractivity contribution is 7.15. The normalized spacial score (nSPS) is 13.8. The molecule has 0 aliphatic rings. The molecule has 98 valence electrons. The Kier molecular flexibility index (Phi) is 4.55. The molecular formula is C13H25N3S. The zero-order chi connectivity index (χ0) is 13.2. The summed E-state index contributed by atoms with van der Waals surface area (Å²) in [6, 6.07) is 0.374. The minimum absolute atomic E-state index is 0.157. The lowest BCUT2D eigenvalue weighted by Crippen LogP contribution is -2.40. The quantitative estimate of drug-likeness (QED) is 0.874. The van der Waals surface area contributed by atoms with Crippen LogP contribution in [0.4, 0.5) is 5.13 Å². The van der Waals surface area contributed by atoms with Gasteiger partial charge in [-0.1, -0.05) is 6.92 Å². The SMILES string of the molecule is CCC(C)(C)N(C)c1nc(C)c(C(C)NC)s1. The molecular weight excluding hydrogens is 230 g/mol. The van der Waals surface area contributed by atoms with E-state index in [9.17, 15) is 0 Å². The maximum Gasteiger partial charge on any atom is 0.186 e. The average Bonchev–Trinajstić information content (AvgIpc) is 2.69. The standard InChI is InChI=1S/C13H25N3S/c1-8-13(4,5)16(7)12-15-10(3)11(17-12)9(2)14-6/h9,14H,8H2,1-7H3. The van der Waals surface area contributed by atoms with Crippen LogP contribution in [-0.2, 0) is 0 Å². The number of aryl methyl sites for hydroxylation is 1. The summed E-state index contributed by atoms with van der Waals surface area (Å²) in [5.41, 5.74) is 1.30. The molecule has 0 amide bonds. The van der Waals surface area contributed by atoms with Crippen molar-refractivity contribution in [2.45, 2.75) is 52.6 Å². The fraction of sp³-hybridized carbons (Fsp3) is 0.769. The van der Waals surface area contributed by atoms with E-state index in [1.807, 2.05) is 7.05 Å². The van der Waals surface area contributed by atoms with E-state index in [-0.39, 0.29) is 5.54 Å². The molecule has 0 fully saturated rings. The van der Waals surface area contributed by atoms with Crippen molar-refractivity contribution >= 4 is 16.5 Å². The van der Waals surface area contributed by atoms with E-state index >= 15 is 0 Å². The van der Waals surface area contributed by atoms with E-state index in [2.05, 4.69) is 51.9 Å². The molecule has 0 aliphatic carbocycles. The molecule has 0 aliphatic heterocycles. The second-order valence-corrected chi connectivity index (χ2v) is 6.19. The maximum absolute atomic E-state index is 4.70. The summed E-state index contributed by atoms with van der Waals surface area (Å²) in [4.78, 5) is 8.32. The molecule has 1 unspecified atom stereocenters. The minimum atomic E-state index is 0.157. The van der Waals surface area contributed by atoms with Crippen LogP contribution in [-0.4, -0.2) is 24.6 Å². The summed E-state index contributed by atoms with van der Waals surface area (Å²) in [6.45, 7) is 11.0. The van der Waals surface area contributed by atoms with Crippen LogP contribution in [0.2, 0.25) is 0 Å². The van der Waals surface area contributed by atoms with Crippen LogP contribution < -0.4 is 10.2 Å². The van der Waals surface area contributed by atoms with Crippen LogP contribution >= 0.6 is 11.3 Å². The summed E-state index contributed by atoms with van der Waals surface area (Å²) in [7, 11) is 4.12. The fourth-order valence-corrected chi connectivity index (χ4v) is 2.82. The lowest BCUT2D eigenvalue weighted by molar-refractivity contribution is 0.470. The molecule has 4 heteroatoms. The van der Waals surface area contributed by atoms with Gasteiger partial charge in [-0.05, 0) is 41.2 Å². The molecule has 1 heterocycles. The first-order chi connectivity index (χ1) is 7.83. The molecule has 0 bridgehead atoms. The van der Waals surface area contributed by atoms with Gasteiger partial charge in [-0.15, -0.1) is 11.3 Å². The van der Waals surface area contributed by atoms with Crippen LogP contribution in [0.5, 0.6) is 0 Å². The first-order valence-corrected chi connectivity index (χ1v) is 7.03. The molecule has 1 aromatic rings. The molecule has 0 saturated carbocycles. The van der Waals surface area contributed by atoms with Gasteiger partial charge >= 0.3 is 0 Å². The van der Waals surface area contributed by atoms with Gasteiger partial charge in [0.25, 0.3) is 0 Å². The van der Waals surface area contributed by atoms with E-state index in [1.165, 1.54) is 4.88 Å². The van der Waals surface area contributed by atoms with E-state index in [0.29, 0.717) is 6.04 Å². The third-order valence-corrected chi connectivity index (χ3v) is 5.12. The molecule has 1 rings (SSSR count). The molecule has 1 atom stereocenters. The Morgan fingerprint density at radius 1 is 1.47 bits per heavy atom. The molecule has 0 spiro atoms. The Morgan fingerprint density at radius 2 is 2.06 bits per heavy atom. The van der Waals surface area contributed by atoms with Gasteiger partial charge in [-0.2, -0.15) is 0 Å². The predicted octanol–water partition coefficient (Wildman–Crippen LogP) is 3.36. The highest BCUT2D eigenvalue weighted by Crippen LogP contribution is 2.33. The summed E-state index contributed by atoms with van der Waals surface area (Å²) < 4.78 is 0. The summed E-state index contributed by atoms with van der Waals surface area (Å²) in [6.07, 6.45) is 1.11. The summed E-state index contributed by atoms with van der Waals surface area (Å²) in [5, 5.41) is 4.40. The van der Waals surface area contributed by atoms with Crippen LogP contribution in [0.15, 0.2) is 0 Å². The Hall–Kier alpha value is -0.610. The lowest BCUT2D eigenvalue weighted by Gasteiger charge is -2.34. The monoisotopic (exact) mass is 255 g/mol. The Labute approximate surface area is 109 Å². The van der Waals surface area contributed by atoms with Gasteiger partial charge in [0.05, 0.1) is 5.69 Å². The summed E-state index contributed by atoms with van der Waals surface area (Å²) in [5.74, 6) is 0. The van der Waals surface area contributed by atoms with Crippen molar-refractivity contribution in [2.75, 3.05) is 19.0 Å². The van der Waals surface area contributed by atoms with Crippen LogP contribution in [0, 0.1) is 6.92 Å². The zero-order valence-electron chi connectivity index (χ0n) is 12.1. The Bertz CT molecular complexity index is 371. The maximum atomic E-state index is 4.70. The fourth-order valence-electron chi connectivity index (χ4n) is 1.57. The number of rotatable bonds is 5. The predicted molar refractivity (Wildman–Crippen MR) is 77.1 cm³/mol. The van der Waals surface area contributed by atoms with Crippen LogP contribution in [0.25, 0.3) is 0 Å². The molecule has 0 aromatic carbocycles. The highest BCUT2D eigenvalue weighted by Gasteiger charge is 2.25. The topological polar surface area (TPSA) is 28.2 Å². The average molecular weight is 255 g/mol. The smallest absolute Gasteiger partial charge is 0.186 e. The lowest BCUT2D eigenvalue weighted by atomic mass is 10.0.